The third-order valence-corrected chi connectivity index (χ3v) is 2.46. The minimum absolute atomic E-state index is 0.197. The van der Waals surface area contributed by atoms with Gasteiger partial charge in [0.25, 0.3) is 0 Å². The molecule has 0 amide bonds. The van der Waals surface area contributed by atoms with E-state index in [1.54, 1.807) is 6.92 Å². The van der Waals surface area contributed by atoms with Gasteiger partial charge in [-0.05, 0) is 19.3 Å². The van der Waals surface area contributed by atoms with Crippen molar-refractivity contribution < 1.29 is 18.0 Å². The van der Waals surface area contributed by atoms with Crippen LogP contribution >= 0.6 is 0 Å². The molecule has 5 heteroatoms. The molecule has 1 rings (SSSR count). The van der Waals surface area contributed by atoms with Crippen LogP contribution in [-0.4, -0.2) is 12.1 Å². The van der Waals surface area contributed by atoms with Gasteiger partial charge in [-0.2, -0.15) is 0 Å². The van der Waals surface area contributed by atoms with Gasteiger partial charge in [0.05, 0.1) is 5.71 Å². The van der Waals surface area contributed by atoms with Crippen LogP contribution in [0.3, 0.4) is 0 Å². The molecule has 0 bridgehead atoms. The van der Waals surface area contributed by atoms with Crippen molar-refractivity contribution in [2.24, 2.45) is 11.1 Å². The zero-order valence-corrected chi connectivity index (χ0v) is 8.10. The van der Waals surface area contributed by atoms with Crippen LogP contribution in [-0.2, 0) is 4.84 Å². The van der Waals surface area contributed by atoms with Crippen molar-refractivity contribution in [3.63, 3.8) is 0 Å². The monoisotopic (exact) mass is 209 g/mol. The third-order valence-electron chi connectivity index (χ3n) is 2.46. The molecule has 0 heterocycles. The molecular weight excluding hydrogens is 195 g/mol. The van der Waals surface area contributed by atoms with Crippen LogP contribution in [0.25, 0.3) is 0 Å². The average molecular weight is 209 g/mol. The zero-order chi connectivity index (χ0) is 10.6. The lowest BCUT2D eigenvalue weighted by Gasteiger charge is -2.11. The minimum atomic E-state index is -4.65. The number of rotatable bonds is 3. The Bertz CT molecular complexity index is 207. The molecule has 0 aromatic rings. The van der Waals surface area contributed by atoms with E-state index >= 15 is 0 Å². The Morgan fingerprint density at radius 2 is 1.93 bits per heavy atom. The lowest BCUT2D eigenvalue weighted by Crippen LogP contribution is -2.15. The summed E-state index contributed by atoms with van der Waals surface area (Å²) in [5, 5.41) is 3.19. The SMILES string of the molecule is CCC(=NOC(F)(F)F)C1CCCC1. The first-order chi connectivity index (χ1) is 6.53. The van der Waals surface area contributed by atoms with E-state index < -0.39 is 6.36 Å². The van der Waals surface area contributed by atoms with Gasteiger partial charge in [-0.25, -0.2) is 0 Å². The number of nitrogens with zero attached hydrogens (tertiary/aromatic N) is 1. The summed E-state index contributed by atoms with van der Waals surface area (Å²) in [4.78, 5) is 3.48. The van der Waals surface area contributed by atoms with Gasteiger partial charge in [-0.15, -0.1) is 13.2 Å². The van der Waals surface area contributed by atoms with E-state index in [0.29, 0.717) is 12.1 Å². The fourth-order valence-corrected chi connectivity index (χ4v) is 1.80. The van der Waals surface area contributed by atoms with Gasteiger partial charge in [0.2, 0.25) is 0 Å². The van der Waals surface area contributed by atoms with E-state index in [1.165, 1.54) is 0 Å². The molecule has 0 unspecified atom stereocenters. The highest BCUT2D eigenvalue weighted by Crippen LogP contribution is 2.28. The minimum Gasteiger partial charge on any atom is -0.294 e. The van der Waals surface area contributed by atoms with Gasteiger partial charge >= 0.3 is 6.36 Å². The summed E-state index contributed by atoms with van der Waals surface area (Å²) in [6.45, 7) is 1.80. The van der Waals surface area contributed by atoms with Crippen LogP contribution in [0.5, 0.6) is 0 Å². The van der Waals surface area contributed by atoms with E-state index in [1.807, 2.05) is 0 Å². The van der Waals surface area contributed by atoms with Gasteiger partial charge in [0.1, 0.15) is 0 Å². The molecule has 0 aliphatic heterocycles. The molecular formula is C9H14F3NO. The second-order valence-electron chi connectivity index (χ2n) is 3.45. The van der Waals surface area contributed by atoms with E-state index in [0.717, 1.165) is 25.7 Å². The summed E-state index contributed by atoms with van der Waals surface area (Å²) in [5.41, 5.74) is 0.542. The average Bonchev–Trinajstić information content (AvgIpc) is 2.56. The number of halogens is 3. The van der Waals surface area contributed by atoms with Crippen LogP contribution in [0, 0.1) is 5.92 Å². The molecule has 0 radical (unpaired) electrons. The zero-order valence-electron chi connectivity index (χ0n) is 8.10. The fraction of sp³-hybridized carbons (Fsp3) is 0.889. The van der Waals surface area contributed by atoms with Crippen molar-refractivity contribution >= 4 is 5.71 Å². The topological polar surface area (TPSA) is 21.6 Å². The third kappa shape index (κ3) is 3.55. The Balaban J connectivity index is 2.51. The lowest BCUT2D eigenvalue weighted by atomic mass is 10.0. The van der Waals surface area contributed by atoms with Crippen LogP contribution < -0.4 is 0 Å². The van der Waals surface area contributed by atoms with E-state index in [-0.39, 0.29) is 5.92 Å². The predicted octanol–water partition coefficient (Wildman–Crippen LogP) is 3.48. The van der Waals surface area contributed by atoms with Crippen molar-refractivity contribution in [2.45, 2.75) is 45.4 Å². The Kier molecular flexibility index (Phi) is 3.77. The molecule has 0 saturated heterocycles. The first-order valence-electron chi connectivity index (χ1n) is 4.84. The molecule has 1 saturated carbocycles. The highest BCUT2D eigenvalue weighted by Gasteiger charge is 2.32. The van der Waals surface area contributed by atoms with Gasteiger partial charge in [0.15, 0.2) is 0 Å². The van der Waals surface area contributed by atoms with Gasteiger partial charge in [-0.3, -0.25) is 4.84 Å². The molecule has 1 aliphatic carbocycles. The number of hydrogen-bond donors (Lipinski definition) is 0. The van der Waals surface area contributed by atoms with Crippen LogP contribution in [0.2, 0.25) is 0 Å². The summed E-state index contributed by atoms with van der Waals surface area (Å²) >= 11 is 0. The molecule has 0 aromatic heterocycles. The van der Waals surface area contributed by atoms with Crippen LogP contribution in [0.4, 0.5) is 13.2 Å². The second kappa shape index (κ2) is 4.66. The van der Waals surface area contributed by atoms with Gasteiger partial charge in [0, 0.05) is 5.92 Å². The fourth-order valence-electron chi connectivity index (χ4n) is 1.80. The number of alkyl halides is 3. The molecule has 0 spiro atoms. The van der Waals surface area contributed by atoms with E-state index in [9.17, 15) is 13.2 Å². The largest absolute Gasteiger partial charge is 0.593 e. The Morgan fingerprint density at radius 3 is 2.36 bits per heavy atom. The van der Waals surface area contributed by atoms with E-state index in [4.69, 9.17) is 0 Å². The van der Waals surface area contributed by atoms with Gasteiger partial charge < -0.3 is 0 Å². The molecule has 0 atom stereocenters. The standard InChI is InChI=1S/C9H14F3NO/c1-2-8(7-5-3-4-6-7)13-14-9(10,11)12/h7H,2-6H2,1H3. The Hall–Kier alpha value is -0.740. The molecule has 14 heavy (non-hydrogen) atoms. The lowest BCUT2D eigenvalue weighted by molar-refractivity contribution is -0.325. The maximum absolute atomic E-state index is 11.7. The summed E-state index contributed by atoms with van der Waals surface area (Å²) < 4.78 is 35.1. The summed E-state index contributed by atoms with van der Waals surface area (Å²) in [6.07, 6.45) is -0.0903. The maximum Gasteiger partial charge on any atom is 0.593 e. The van der Waals surface area contributed by atoms with Gasteiger partial charge in [-0.1, -0.05) is 24.9 Å². The summed E-state index contributed by atoms with van der Waals surface area (Å²) in [5.74, 6) is 0.197. The van der Waals surface area contributed by atoms with Crippen molar-refractivity contribution in [1.29, 1.82) is 0 Å². The molecule has 82 valence electrons. The molecule has 1 aliphatic rings. The molecule has 0 aromatic carbocycles. The molecule has 2 nitrogen and oxygen atoms in total. The first-order valence-corrected chi connectivity index (χ1v) is 4.84. The van der Waals surface area contributed by atoms with Crippen molar-refractivity contribution in [2.75, 3.05) is 0 Å². The van der Waals surface area contributed by atoms with E-state index in [2.05, 4.69) is 9.99 Å². The highest BCUT2D eigenvalue weighted by molar-refractivity contribution is 5.86. The quantitative estimate of drug-likeness (QED) is 0.515. The predicted molar refractivity (Wildman–Crippen MR) is 46.8 cm³/mol. The summed E-state index contributed by atoms with van der Waals surface area (Å²) in [7, 11) is 0. The smallest absolute Gasteiger partial charge is 0.294 e. The van der Waals surface area contributed by atoms with Crippen molar-refractivity contribution in [3.8, 4) is 0 Å². The van der Waals surface area contributed by atoms with Crippen molar-refractivity contribution in [1.82, 2.24) is 0 Å². The molecule has 0 N–H and O–H groups in total. The Morgan fingerprint density at radius 1 is 1.36 bits per heavy atom. The van der Waals surface area contributed by atoms with Crippen LogP contribution in [0.15, 0.2) is 5.16 Å². The normalized spacial score (nSPS) is 20.1. The van der Waals surface area contributed by atoms with Crippen molar-refractivity contribution in [3.05, 3.63) is 0 Å². The maximum atomic E-state index is 11.7. The number of hydrogen-bond acceptors (Lipinski definition) is 2. The molecule has 1 fully saturated rings. The number of oxime groups is 1. The summed E-state index contributed by atoms with van der Waals surface area (Å²) in [6, 6.07) is 0. The highest BCUT2D eigenvalue weighted by atomic mass is 19.4. The second-order valence-corrected chi connectivity index (χ2v) is 3.45. The Labute approximate surface area is 81.1 Å². The first kappa shape index (κ1) is 11.3. The van der Waals surface area contributed by atoms with Crippen LogP contribution in [0.1, 0.15) is 39.0 Å².